The molecule has 1 nitrogen and oxygen atoms in total. The summed E-state index contributed by atoms with van der Waals surface area (Å²) in [6.45, 7) is 4.41. The summed E-state index contributed by atoms with van der Waals surface area (Å²) in [6, 6.07) is 7.19. The van der Waals surface area contributed by atoms with Crippen LogP contribution in [0.3, 0.4) is 0 Å². The molecule has 1 aromatic carbocycles. The van der Waals surface area contributed by atoms with Crippen molar-refractivity contribution in [3.8, 4) is 0 Å². The molecule has 0 spiro atoms. The number of rotatable bonds is 1. The third-order valence-corrected chi connectivity index (χ3v) is 2.90. The molecule has 0 bridgehead atoms. The van der Waals surface area contributed by atoms with Gasteiger partial charge in [0.05, 0.1) is 0 Å². The van der Waals surface area contributed by atoms with Crippen molar-refractivity contribution in [3.05, 3.63) is 35.6 Å². The maximum Gasteiger partial charge on any atom is 0.123 e. The molecule has 0 aromatic heterocycles. The first kappa shape index (κ1) is 9.66. The van der Waals surface area contributed by atoms with Crippen LogP contribution in [0.15, 0.2) is 24.3 Å². The van der Waals surface area contributed by atoms with E-state index in [1.807, 2.05) is 12.1 Å². The van der Waals surface area contributed by atoms with Crippen molar-refractivity contribution in [1.29, 1.82) is 0 Å². The van der Waals surface area contributed by atoms with Crippen molar-refractivity contribution >= 4 is 0 Å². The van der Waals surface area contributed by atoms with E-state index in [4.69, 9.17) is 0 Å². The molecule has 1 unspecified atom stereocenters. The van der Waals surface area contributed by atoms with Gasteiger partial charge in [0.1, 0.15) is 5.82 Å². The first-order valence-electron chi connectivity index (χ1n) is 5.10. The number of nitrogens with one attached hydrogen (secondary N) is 1. The lowest BCUT2D eigenvalue weighted by Gasteiger charge is -2.20. The molecule has 0 radical (unpaired) electrons. The van der Waals surface area contributed by atoms with E-state index in [-0.39, 0.29) is 11.4 Å². The summed E-state index contributed by atoms with van der Waals surface area (Å²) in [6.07, 6.45) is 2.31. The third kappa shape index (κ3) is 1.95. The van der Waals surface area contributed by atoms with Crippen LogP contribution in [0.4, 0.5) is 4.39 Å². The molecule has 0 amide bonds. The molecule has 0 saturated carbocycles. The lowest BCUT2D eigenvalue weighted by atomic mass is 10.0. The molecule has 1 aromatic rings. The summed E-state index contributed by atoms with van der Waals surface area (Å²) in [5.74, 6) is -0.161. The molecule has 1 fully saturated rings. The Balaban J connectivity index is 2.14. The predicted molar refractivity (Wildman–Crippen MR) is 55.6 cm³/mol. The molecule has 2 rings (SSSR count). The maximum atomic E-state index is 12.7. The Labute approximate surface area is 84.3 Å². The van der Waals surface area contributed by atoms with Crippen LogP contribution >= 0.6 is 0 Å². The van der Waals surface area contributed by atoms with Crippen molar-refractivity contribution < 1.29 is 4.39 Å². The van der Waals surface area contributed by atoms with E-state index in [0.29, 0.717) is 6.04 Å². The van der Waals surface area contributed by atoms with Crippen LogP contribution in [0.2, 0.25) is 0 Å². The molecule has 0 aliphatic carbocycles. The third-order valence-electron chi connectivity index (χ3n) is 2.90. The van der Waals surface area contributed by atoms with Crippen LogP contribution < -0.4 is 5.32 Å². The Bertz CT molecular complexity index is 316. The molecule has 76 valence electrons. The average Bonchev–Trinajstić information content (AvgIpc) is 2.47. The SMILES string of the molecule is CC1(C)CCC(c2ccc(F)cc2)N1. The Hall–Kier alpha value is -0.890. The Morgan fingerprint density at radius 3 is 2.43 bits per heavy atom. The minimum atomic E-state index is -0.161. The monoisotopic (exact) mass is 193 g/mol. The molecule has 1 saturated heterocycles. The molecule has 1 N–H and O–H groups in total. The van der Waals surface area contributed by atoms with Crippen molar-refractivity contribution in [1.82, 2.24) is 5.32 Å². The fourth-order valence-electron chi connectivity index (χ4n) is 2.07. The van der Waals surface area contributed by atoms with Gasteiger partial charge in [0.15, 0.2) is 0 Å². The van der Waals surface area contributed by atoms with Gasteiger partial charge in [0, 0.05) is 11.6 Å². The summed E-state index contributed by atoms with van der Waals surface area (Å²) in [7, 11) is 0. The molecule has 1 aliphatic heterocycles. The van der Waals surface area contributed by atoms with Gasteiger partial charge in [-0.25, -0.2) is 4.39 Å². The van der Waals surface area contributed by atoms with Gasteiger partial charge in [-0.1, -0.05) is 12.1 Å². The van der Waals surface area contributed by atoms with Crippen molar-refractivity contribution in [2.45, 2.75) is 38.3 Å². The van der Waals surface area contributed by atoms with Gasteiger partial charge >= 0.3 is 0 Å². The van der Waals surface area contributed by atoms with Crippen LogP contribution in [0.5, 0.6) is 0 Å². The first-order valence-corrected chi connectivity index (χ1v) is 5.10. The minimum absolute atomic E-state index is 0.161. The summed E-state index contributed by atoms with van der Waals surface area (Å²) >= 11 is 0. The first-order chi connectivity index (χ1) is 6.57. The van der Waals surface area contributed by atoms with Gasteiger partial charge in [0.2, 0.25) is 0 Å². The highest BCUT2D eigenvalue weighted by Crippen LogP contribution is 2.32. The number of halogens is 1. The van der Waals surface area contributed by atoms with E-state index < -0.39 is 0 Å². The quantitative estimate of drug-likeness (QED) is 0.723. The van der Waals surface area contributed by atoms with E-state index in [0.717, 1.165) is 6.42 Å². The average molecular weight is 193 g/mol. The molecule has 1 heterocycles. The van der Waals surface area contributed by atoms with E-state index in [2.05, 4.69) is 19.2 Å². The van der Waals surface area contributed by atoms with Crippen LogP contribution in [0.1, 0.15) is 38.3 Å². The zero-order valence-electron chi connectivity index (χ0n) is 8.68. The van der Waals surface area contributed by atoms with Crippen LogP contribution in [-0.4, -0.2) is 5.54 Å². The summed E-state index contributed by atoms with van der Waals surface area (Å²) in [5, 5.41) is 3.54. The van der Waals surface area contributed by atoms with E-state index >= 15 is 0 Å². The molecule has 2 heteroatoms. The molecule has 14 heavy (non-hydrogen) atoms. The predicted octanol–water partition coefficient (Wildman–Crippen LogP) is 3.03. The van der Waals surface area contributed by atoms with E-state index in [9.17, 15) is 4.39 Å². The van der Waals surface area contributed by atoms with Gasteiger partial charge in [-0.2, -0.15) is 0 Å². The van der Waals surface area contributed by atoms with Crippen molar-refractivity contribution in [3.63, 3.8) is 0 Å². The lowest BCUT2D eigenvalue weighted by molar-refractivity contribution is 0.433. The fraction of sp³-hybridized carbons (Fsp3) is 0.500. The minimum Gasteiger partial charge on any atom is -0.305 e. The summed E-state index contributed by atoms with van der Waals surface area (Å²) < 4.78 is 12.7. The summed E-state index contributed by atoms with van der Waals surface area (Å²) in [4.78, 5) is 0. The van der Waals surface area contributed by atoms with Gasteiger partial charge in [0.25, 0.3) is 0 Å². The maximum absolute atomic E-state index is 12.7. The highest BCUT2D eigenvalue weighted by atomic mass is 19.1. The van der Waals surface area contributed by atoms with E-state index in [1.165, 1.54) is 24.1 Å². The molecular weight excluding hydrogens is 177 g/mol. The lowest BCUT2D eigenvalue weighted by Crippen LogP contribution is -2.33. The second kappa shape index (κ2) is 3.35. The normalized spacial score (nSPS) is 25.2. The topological polar surface area (TPSA) is 12.0 Å². The number of hydrogen-bond acceptors (Lipinski definition) is 1. The molecular formula is C12H16FN. The Morgan fingerprint density at radius 1 is 1.29 bits per heavy atom. The second-order valence-electron chi connectivity index (χ2n) is 4.67. The highest BCUT2D eigenvalue weighted by molar-refractivity contribution is 5.21. The smallest absolute Gasteiger partial charge is 0.123 e. The highest BCUT2D eigenvalue weighted by Gasteiger charge is 2.30. The van der Waals surface area contributed by atoms with Crippen LogP contribution in [-0.2, 0) is 0 Å². The largest absolute Gasteiger partial charge is 0.305 e. The number of hydrogen-bond donors (Lipinski definition) is 1. The molecule has 1 atom stereocenters. The summed E-state index contributed by atoms with van der Waals surface area (Å²) in [5.41, 5.74) is 1.41. The van der Waals surface area contributed by atoms with E-state index in [1.54, 1.807) is 0 Å². The Kier molecular flexibility index (Phi) is 2.31. The Morgan fingerprint density at radius 2 is 1.93 bits per heavy atom. The molecule has 1 aliphatic rings. The van der Waals surface area contributed by atoms with Gasteiger partial charge in [-0.3, -0.25) is 0 Å². The van der Waals surface area contributed by atoms with Gasteiger partial charge in [-0.15, -0.1) is 0 Å². The second-order valence-corrected chi connectivity index (χ2v) is 4.67. The standard InChI is InChI=1S/C12H16FN/c1-12(2)8-7-11(14-12)9-3-5-10(13)6-4-9/h3-6,11,14H,7-8H2,1-2H3. The number of benzene rings is 1. The fourth-order valence-corrected chi connectivity index (χ4v) is 2.07. The van der Waals surface area contributed by atoms with Crippen LogP contribution in [0, 0.1) is 5.82 Å². The van der Waals surface area contributed by atoms with Crippen molar-refractivity contribution in [2.24, 2.45) is 0 Å². The zero-order valence-corrected chi connectivity index (χ0v) is 8.68. The van der Waals surface area contributed by atoms with Gasteiger partial charge in [-0.05, 0) is 44.4 Å². The van der Waals surface area contributed by atoms with Crippen molar-refractivity contribution in [2.75, 3.05) is 0 Å². The van der Waals surface area contributed by atoms with Crippen LogP contribution in [0.25, 0.3) is 0 Å². The zero-order chi connectivity index (χ0) is 10.2. The van der Waals surface area contributed by atoms with Gasteiger partial charge < -0.3 is 5.32 Å².